The summed E-state index contributed by atoms with van der Waals surface area (Å²) in [6.45, 7) is 5.24. The van der Waals surface area contributed by atoms with Gasteiger partial charge in [0.2, 0.25) is 12.2 Å². The van der Waals surface area contributed by atoms with E-state index >= 15 is 0 Å². The highest BCUT2D eigenvalue weighted by atomic mass is 35.5. The van der Waals surface area contributed by atoms with Gasteiger partial charge in [-0.15, -0.1) is 23.2 Å². The Morgan fingerprint density at radius 2 is 2.10 bits per heavy atom. The van der Waals surface area contributed by atoms with Crippen molar-refractivity contribution in [2.45, 2.75) is 62.2 Å². The third kappa shape index (κ3) is 2.63. The number of epoxide rings is 1. The Morgan fingerprint density at radius 3 is 2.65 bits per heavy atom. The molecule has 1 unspecified atom stereocenters. The Bertz CT molecular complexity index is 431. The average Bonchev–Trinajstić information content (AvgIpc) is 2.98. The molecule has 1 N–H and O–H groups in total. The first kappa shape index (κ1) is 15.9. The van der Waals surface area contributed by atoms with E-state index in [1.165, 1.54) is 6.92 Å². The van der Waals surface area contributed by atoms with Crippen LogP contribution in [0.4, 0.5) is 4.79 Å². The molecule has 0 aromatic rings. The van der Waals surface area contributed by atoms with Gasteiger partial charge in [-0.25, -0.2) is 4.79 Å². The molecule has 0 aromatic carbocycles. The van der Waals surface area contributed by atoms with Gasteiger partial charge in [-0.2, -0.15) is 0 Å². The summed E-state index contributed by atoms with van der Waals surface area (Å²) >= 11 is 13.0. The van der Waals surface area contributed by atoms with Crippen molar-refractivity contribution in [2.75, 3.05) is 0 Å². The highest BCUT2D eigenvalue weighted by Gasteiger charge is 2.73. The lowest BCUT2D eigenvalue weighted by molar-refractivity contribution is -0.118. The molecule has 0 bridgehead atoms. The van der Waals surface area contributed by atoms with Gasteiger partial charge in [-0.05, 0) is 25.2 Å². The molecule has 1 heterocycles. The van der Waals surface area contributed by atoms with E-state index in [1.54, 1.807) is 0 Å². The van der Waals surface area contributed by atoms with Crippen LogP contribution in [-0.4, -0.2) is 34.1 Å². The van der Waals surface area contributed by atoms with Crippen molar-refractivity contribution >= 4 is 35.2 Å². The zero-order chi connectivity index (χ0) is 15.1. The van der Waals surface area contributed by atoms with Crippen LogP contribution in [-0.2, 0) is 14.3 Å². The monoisotopic (exact) mass is 323 g/mol. The normalized spacial score (nSPS) is 39.7. The first-order chi connectivity index (χ1) is 9.21. The number of amides is 2. The van der Waals surface area contributed by atoms with Crippen LogP contribution in [0, 0.1) is 5.92 Å². The SMILES string of the molecule is CC(=O)NC(=O)OC1O[C@@]12CC[C@@H](Cl)C[C@@]2(Cl)C(C)C. The molecule has 2 amide bonds. The molecule has 1 aliphatic heterocycles. The van der Waals surface area contributed by atoms with E-state index in [0.29, 0.717) is 12.8 Å². The van der Waals surface area contributed by atoms with Gasteiger partial charge < -0.3 is 9.47 Å². The summed E-state index contributed by atoms with van der Waals surface area (Å²) in [5.41, 5.74) is -0.692. The maximum absolute atomic E-state index is 11.5. The van der Waals surface area contributed by atoms with Crippen molar-refractivity contribution in [3.8, 4) is 0 Å². The number of rotatable bonds is 2. The third-order valence-electron chi connectivity index (χ3n) is 4.10. The molecule has 1 aliphatic carbocycles. The third-order valence-corrected chi connectivity index (χ3v) is 5.38. The van der Waals surface area contributed by atoms with Gasteiger partial charge in [0.05, 0.1) is 4.87 Å². The summed E-state index contributed by atoms with van der Waals surface area (Å²) in [6.07, 6.45) is 0.473. The molecule has 4 atom stereocenters. The highest BCUT2D eigenvalue weighted by Crippen LogP contribution is 2.60. The number of ether oxygens (including phenoxy) is 2. The second-order valence-electron chi connectivity index (χ2n) is 5.78. The molecular formula is C13H19Cl2NO4. The van der Waals surface area contributed by atoms with Gasteiger partial charge in [-0.3, -0.25) is 10.1 Å². The van der Waals surface area contributed by atoms with Crippen LogP contribution in [0.1, 0.15) is 40.0 Å². The molecule has 20 heavy (non-hydrogen) atoms. The van der Waals surface area contributed by atoms with Crippen LogP contribution in [0.2, 0.25) is 0 Å². The lowest BCUT2D eigenvalue weighted by Crippen LogP contribution is -2.52. The van der Waals surface area contributed by atoms with Crippen molar-refractivity contribution < 1.29 is 19.1 Å². The van der Waals surface area contributed by atoms with Crippen LogP contribution < -0.4 is 5.32 Å². The lowest BCUT2D eigenvalue weighted by Gasteiger charge is -2.42. The molecule has 0 aromatic heterocycles. The van der Waals surface area contributed by atoms with Gasteiger partial charge in [0.1, 0.15) is 0 Å². The Hall–Kier alpha value is -0.520. The molecule has 5 nitrogen and oxygen atoms in total. The Morgan fingerprint density at radius 1 is 1.45 bits per heavy atom. The second-order valence-corrected chi connectivity index (χ2v) is 7.07. The minimum Gasteiger partial charge on any atom is -0.416 e. The van der Waals surface area contributed by atoms with Crippen LogP contribution in [0.5, 0.6) is 0 Å². The predicted molar refractivity (Wildman–Crippen MR) is 74.8 cm³/mol. The van der Waals surface area contributed by atoms with E-state index in [1.807, 2.05) is 13.8 Å². The molecule has 114 valence electrons. The summed E-state index contributed by atoms with van der Waals surface area (Å²) in [5.74, 6) is -0.356. The highest BCUT2D eigenvalue weighted by molar-refractivity contribution is 6.27. The number of carbonyl (C=O) groups is 2. The number of halogens is 2. The standard InChI is InChI=1S/C13H19Cl2NO4/c1-7(2)12(15)6-9(14)4-5-13(12)10(20-13)19-11(18)16-8(3)17/h7,9-10H,4-6H2,1-3H3,(H,16,17,18)/t9-,10?,12-,13+/m1/s1. The molecule has 0 radical (unpaired) electrons. The minimum absolute atomic E-state index is 0.00331. The maximum atomic E-state index is 11.5. The first-order valence-corrected chi connectivity index (χ1v) is 7.52. The Kier molecular flexibility index (Phi) is 4.24. The fourth-order valence-corrected chi connectivity index (χ4v) is 3.76. The van der Waals surface area contributed by atoms with Gasteiger partial charge in [0, 0.05) is 12.3 Å². The van der Waals surface area contributed by atoms with E-state index in [0.717, 1.165) is 6.42 Å². The fourth-order valence-electron chi connectivity index (χ4n) is 2.92. The molecule has 7 heteroatoms. The summed E-state index contributed by atoms with van der Waals surface area (Å²) < 4.78 is 10.8. The molecule has 2 aliphatic rings. The number of alkyl carbamates (subject to hydrolysis) is 1. The molecule has 2 rings (SSSR count). The van der Waals surface area contributed by atoms with E-state index in [9.17, 15) is 9.59 Å². The van der Waals surface area contributed by atoms with Gasteiger partial charge >= 0.3 is 6.09 Å². The topological polar surface area (TPSA) is 67.9 Å². The Balaban J connectivity index is 2.07. The van der Waals surface area contributed by atoms with Crippen LogP contribution >= 0.6 is 23.2 Å². The predicted octanol–water partition coefficient (Wildman–Crippen LogP) is 2.78. The summed E-state index contributed by atoms with van der Waals surface area (Å²) in [4.78, 5) is 21.6. The molecule has 2 fully saturated rings. The zero-order valence-corrected chi connectivity index (χ0v) is 13.3. The van der Waals surface area contributed by atoms with E-state index < -0.39 is 28.8 Å². The van der Waals surface area contributed by atoms with Crippen molar-refractivity contribution in [2.24, 2.45) is 5.92 Å². The van der Waals surface area contributed by atoms with Gasteiger partial charge in [-0.1, -0.05) is 13.8 Å². The second kappa shape index (κ2) is 5.35. The maximum Gasteiger partial charge on any atom is 0.416 e. The number of imide groups is 1. The summed E-state index contributed by atoms with van der Waals surface area (Å²) in [7, 11) is 0. The quantitative estimate of drug-likeness (QED) is 0.626. The summed E-state index contributed by atoms with van der Waals surface area (Å²) in [6, 6.07) is 0. The molecule has 1 saturated carbocycles. The molecule has 1 spiro atoms. The van der Waals surface area contributed by atoms with Crippen LogP contribution in [0.15, 0.2) is 0 Å². The van der Waals surface area contributed by atoms with Crippen molar-refractivity contribution in [3.63, 3.8) is 0 Å². The van der Waals surface area contributed by atoms with Crippen molar-refractivity contribution in [1.82, 2.24) is 5.32 Å². The average molecular weight is 324 g/mol. The smallest absolute Gasteiger partial charge is 0.416 e. The summed E-state index contributed by atoms with van der Waals surface area (Å²) in [5, 5.41) is 2.05. The fraction of sp³-hybridized carbons (Fsp3) is 0.846. The molecule has 1 saturated heterocycles. The van der Waals surface area contributed by atoms with Crippen LogP contribution in [0.25, 0.3) is 0 Å². The largest absolute Gasteiger partial charge is 0.416 e. The number of nitrogens with one attached hydrogen (secondary N) is 1. The van der Waals surface area contributed by atoms with Crippen molar-refractivity contribution in [3.05, 3.63) is 0 Å². The van der Waals surface area contributed by atoms with E-state index in [4.69, 9.17) is 32.7 Å². The van der Waals surface area contributed by atoms with Gasteiger partial charge in [0.15, 0.2) is 5.60 Å². The number of alkyl halides is 2. The van der Waals surface area contributed by atoms with Gasteiger partial charge in [0.25, 0.3) is 0 Å². The molecular weight excluding hydrogens is 305 g/mol. The minimum atomic E-state index is -0.810. The zero-order valence-electron chi connectivity index (χ0n) is 11.7. The Labute approximate surface area is 128 Å². The number of hydrogen-bond donors (Lipinski definition) is 1. The van der Waals surface area contributed by atoms with Crippen molar-refractivity contribution in [1.29, 1.82) is 0 Å². The van der Waals surface area contributed by atoms with E-state index in [2.05, 4.69) is 5.32 Å². The van der Waals surface area contributed by atoms with Crippen LogP contribution in [0.3, 0.4) is 0 Å². The van der Waals surface area contributed by atoms with E-state index in [-0.39, 0.29) is 11.3 Å². The number of hydrogen-bond acceptors (Lipinski definition) is 4. The first-order valence-electron chi connectivity index (χ1n) is 6.70. The number of carbonyl (C=O) groups excluding carboxylic acids is 2. The lowest BCUT2D eigenvalue weighted by atomic mass is 9.72.